The molecule has 0 spiro atoms. The molecule has 1 heterocycles. The summed E-state index contributed by atoms with van der Waals surface area (Å²) in [4.78, 5) is 15.8. The molecule has 0 unspecified atom stereocenters. The minimum Gasteiger partial charge on any atom is -0.493 e. The maximum atomic E-state index is 13.2. The van der Waals surface area contributed by atoms with E-state index in [0.29, 0.717) is 30.4 Å². The second-order valence-corrected chi connectivity index (χ2v) is 12.4. The van der Waals surface area contributed by atoms with Crippen molar-refractivity contribution in [1.29, 1.82) is 0 Å². The number of ether oxygens (including phenoxy) is 1. The van der Waals surface area contributed by atoms with Gasteiger partial charge in [0.2, 0.25) is 0 Å². The lowest BCUT2D eigenvalue weighted by Crippen LogP contribution is -2.39. The molecule has 1 aliphatic rings. The Labute approximate surface area is 240 Å². The van der Waals surface area contributed by atoms with Crippen LogP contribution >= 0.6 is 0 Å². The minimum atomic E-state index is -0.349. The van der Waals surface area contributed by atoms with Crippen LogP contribution in [0.15, 0.2) is 72.8 Å². The van der Waals surface area contributed by atoms with E-state index in [4.69, 9.17) is 4.74 Å². The summed E-state index contributed by atoms with van der Waals surface area (Å²) in [6.07, 6.45) is 5.75. The Morgan fingerprint density at radius 3 is 2.55 bits per heavy atom. The van der Waals surface area contributed by atoms with Crippen LogP contribution in [-0.2, 0) is 19.4 Å². The molecule has 4 rings (SSSR count). The van der Waals surface area contributed by atoms with E-state index in [-0.39, 0.29) is 18.6 Å². The van der Waals surface area contributed by atoms with E-state index in [1.165, 1.54) is 17.5 Å². The molecule has 1 aliphatic heterocycles. The average Bonchev–Trinajstić information content (AvgIpc) is 2.93. The van der Waals surface area contributed by atoms with E-state index in [0.717, 1.165) is 55.8 Å². The number of aliphatic hydroxyl groups excluding tert-OH is 1. The molecule has 0 fully saturated rings. The minimum absolute atomic E-state index is 0.117. The molecule has 0 aromatic heterocycles. The van der Waals surface area contributed by atoms with Gasteiger partial charge in [-0.25, -0.2) is 0 Å². The Hall–Kier alpha value is -3.15. The van der Waals surface area contributed by atoms with Crippen molar-refractivity contribution in [2.75, 3.05) is 26.3 Å². The molecule has 0 radical (unpaired) electrons. The fourth-order valence-corrected chi connectivity index (χ4v) is 5.20. The summed E-state index contributed by atoms with van der Waals surface area (Å²) < 4.78 is 6.25. The molecular weight excluding hydrogens is 496 g/mol. The Bertz CT molecular complexity index is 1220. The summed E-state index contributed by atoms with van der Waals surface area (Å²) in [7, 11) is 0. The molecule has 0 saturated carbocycles. The maximum Gasteiger partial charge on any atom is 0.251 e. The van der Waals surface area contributed by atoms with Crippen LogP contribution in [0.2, 0.25) is 0 Å². The van der Waals surface area contributed by atoms with Gasteiger partial charge in [-0.3, -0.25) is 9.69 Å². The van der Waals surface area contributed by atoms with Gasteiger partial charge < -0.3 is 15.2 Å². The number of hydrogen-bond acceptors (Lipinski definition) is 4. The van der Waals surface area contributed by atoms with E-state index >= 15 is 0 Å². The number of rotatable bonds is 7. The van der Waals surface area contributed by atoms with Crippen molar-refractivity contribution in [2.45, 2.75) is 71.9 Å². The summed E-state index contributed by atoms with van der Waals surface area (Å²) in [5, 5.41) is 12.9. The van der Waals surface area contributed by atoms with Crippen LogP contribution in [0.1, 0.15) is 79.1 Å². The zero-order chi connectivity index (χ0) is 28.4. The van der Waals surface area contributed by atoms with E-state index in [1.54, 1.807) is 0 Å². The van der Waals surface area contributed by atoms with Crippen LogP contribution in [0.5, 0.6) is 5.75 Å². The molecule has 2 N–H and O–H groups in total. The van der Waals surface area contributed by atoms with Gasteiger partial charge in [-0.2, -0.15) is 0 Å². The third-order valence-electron chi connectivity index (χ3n) is 7.55. The van der Waals surface area contributed by atoms with Crippen LogP contribution in [0, 0.1) is 5.41 Å². The number of nitrogens with one attached hydrogen (secondary N) is 1. The third-order valence-corrected chi connectivity index (χ3v) is 7.55. The number of carbonyl (C=O) groups excluding carboxylic acids is 1. The number of benzene rings is 3. The summed E-state index contributed by atoms with van der Waals surface area (Å²) in [6.45, 7) is 10.7. The molecule has 1 amide bonds. The number of fused-ring (bicyclic) bond motifs is 3. The topological polar surface area (TPSA) is 61.8 Å². The normalized spacial score (nSPS) is 15.8. The van der Waals surface area contributed by atoms with Crippen LogP contribution in [0.4, 0.5) is 0 Å². The average molecular weight is 543 g/mol. The molecule has 5 nitrogen and oxygen atoms in total. The predicted molar refractivity (Wildman–Crippen MR) is 163 cm³/mol. The van der Waals surface area contributed by atoms with Gasteiger partial charge in [0.1, 0.15) is 5.75 Å². The highest BCUT2D eigenvalue weighted by molar-refractivity contribution is 5.94. The van der Waals surface area contributed by atoms with Gasteiger partial charge in [0, 0.05) is 18.5 Å². The first-order chi connectivity index (χ1) is 19.3. The van der Waals surface area contributed by atoms with Gasteiger partial charge in [-0.1, -0.05) is 75.4 Å². The van der Waals surface area contributed by atoms with Gasteiger partial charge in [0.25, 0.3) is 5.91 Å². The second-order valence-electron chi connectivity index (χ2n) is 12.4. The smallest absolute Gasteiger partial charge is 0.251 e. The van der Waals surface area contributed by atoms with Gasteiger partial charge in [-0.15, -0.1) is 0 Å². The zero-order valence-electron chi connectivity index (χ0n) is 24.5. The molecule has 214 valence electrons. The molecule has 3 aromatic rings. The summed E-state index contributed by atoms with van der Waals surface area (Å²) in [6, 6.07) is 24.1. The van der Waals surface area contributed by atoms with Crippen molar-refractivity contribution in [3.8, 4) is 5.75 Å². The van der Waals surface area contributed by atoms with E-state index in [1.807, 2.05) is 48.5 Å². The van der Waals surface area contributed by atoms with E-state index < -0.39 is 0 Å². The van der Waals surface area contributed by atoms with E-state index in [9.17, 15) is 9.90 Å². The first-order valence-corrected chi connectivity index (χ1v) is 14.8. The lowest BCUT2D eigenvalue weighted by atomic mass is 9.92. The highest BCUT2D eigenvalue weighted by Crippen LogP contribution is 2.26. The van der Waals surface area contributed by atoms with Crippen molar-refractivity contribution in [3.63, 3.8) is 0 Å². The predicted octanol–water partition coefficient (Wildman–Crippen LogP) is 6.41. The fourth-order valence-electron chi connectivity index (χ4n) is 5.20. The summed E-state index contributed by atoms with van der Waals surface area (Å²) in [5.41, 5.74) is 5.53. The quantitative estimate of drug-likeness (QED) is 0.362. The van der Waals surface area contributed by atoms with Crippen molar-refractivity contribution >= 4 is 5.91 Å². The molecule has 40 heavy (non-hydrogen) atoms. The van der Waals surface area contributed by atoms with Crippen LogP contribution in [-0.4, -0.2) is 48.3 Å². The summed E-state index contributed by atoms with van der Waals surface area (Å²) >= 11 is 0. The van der Waals surface area contributed by atoms with Crippen molar-refractivity contribution in [2.24, 2.45) is 5.41 Å². The SMILES string of the molecule is CC(C)(C)CCN1CCCCCOc2ccc(C(=O)N[C@H](CO)Cc3ccccc3)cc2Cc2cccc(c2)C1. The molecular formula is C35H46N2O3. The largest absolute Gasteiger partial charge is 0.493 e. The first-order valence-electron chi connectivity index (χ1n) is 14.8. The van der Waals surface area contributed by atoms with Gasteiger partial charge in [0.05, 0.1) is 19.3 Å². The van der Waals surface area contributed by atoms with Gasteiger partial charge in [0.15, 0.2) is 0 Å². The van der Waals surface area contributed by atoms with Crippen molar-refractivity contribution in [3.05, 3.63) is 101 Å². The molecule has 3 aromatic carbocycles. The highest BCUT2D eigenvalue weighted by Gasteiger charge is 2.18. The molecule has 5 heteroatoms. The van der Waals surface area contributed by atoms with E-state index in [2.05, 4.69) is 55.3 Å². The highest BCUT2D eigenvalue weighted by atomic mass is 16.5. The van der Waals surface area contributed by atoms with Crippen LogP contribution in [0.25, 0.3) is 0 Å². The fraction of sp³-hybridized carbons (Fsp3) is 0.457. The number of nitrogens with zero attached hydrogens (tertiary/aromatic N) is 1. The number of aliphatic hydroxyl groups is 1. The Kier molecular flexibility index (Phi) is 10.8. The Morgan fingerprint density at radius 2 is 1.77 bits per heavy atom. The lowest BCUT2D eigenvalue weighted by molar-refractivity contribution is 0.0916. The standard InChI is InChI=1S/C35H46N2O3/c1-35(2,3)17-19-37-18-8-5-9-20-40-33-16-15-30(24-31(33)22-28-13-10-14-29(21-28)25-37)34(39)36-32(26-38)23-27-11-6-4-7-12-27/h4,6-7,10-16,21,24,32,38H,5,8-9,17-20,22-23,25-26H2,1-3H3,(H,36,39)/t32-/m0/s1. The number of carbonyl (C=O) groups is 1. The van der Waals surface area contributed by atoms with Crippen LogP contribution in [0.3, 0.4) is 0 Å². The maximum absolute atomic E-state index is 13.2. The Balaban J connectivity index is 1.52. The Morgan fingerprint density at radius 1 is 0.975 bits per heavy atom. The van der Waals surface area contributed by atoms with Crippen molar-refractivity contribution in [1.82, 2.24) is 10.2 Å². The zero-order valence-corrected chi connectivity index (χ0v) is 24.5. The molecule has 1 atom stereocenters. The van der Waals surface area contributed by atoms with Crippen molar-refractivity contribution < 1.29 is 14.6 Å². The summed E-state index contributed by atoms with van der Waals surface area (Å²) in [5.74, 6) is 0.661. The van der Waals surface area contributed by atoms with Crippen LogP contribution < -0.4 is 10.1 Å². The number of amides is 1. The number of hydrogen-bond donors (Lipinski definition) is 2. The monoisotopic (exact) mass is 542 g/mol. The third kappa shape index (κ3) is 9.50. The first kappa shape index (κ1) is 29.8. The molecule has 2 bridgehead atoms. The molecule has 0 aliphatic carbocycles. The second kappa shape index (κ2) is 14.5. The molecule has 0 saturated heterocycles. The van der Waals surface area contributed by atoms with Gasteiger partial charge in [-0.05, 0) is 91.1 Å². The van der Waals surface area contributed by atoms with Gasteiger partial charge >= 0.3 is 0 Å². The lowest BCUT2D eigenvalue weighted by Gasteiger charge is -2.27.